The number of nitrogens with two attached hydrogens (primary N) is 1. The quantitative estimate of drug-likeness (QED) is 0.836. The van der Waals surface area contributed by atoms with E-state index in [1.54, 1.807) is 0 Å². The minimum absolute atomic E-state index is 0. The number of likely N-dealkylation sites (tertiary alicyclic amines) is 1. The fraction of sp³-hybridized carbons (Fsp3) is 0.533. The molecule has 0 unspecified atom stereocenters. The van der Waals surface area contributed by atoms with E-state index in [-0.39, 0.29) is 48.9 Å². The van der Waals surface area contributed by atoms with Crippen LogP contribution in [0.5, 0.6) is 0 Å². The van der Waals surface area contributed by atoms with E-state index < -0.39 is 11.7 Å². The summed E-state index contributed by atoms with van der Waals surface area (Å²) in [7, 11) is 1.98. The highest BCUT2D eigenvalue weighted by Gasteiger charge is 2.31. The third kappa shape index (κ3) is 6.12. The van der Waals surface area contributed by atoms with Gasteiger partial charge in [0.1, 0.15) is 0 Å². The van der Waals surface area contributed by atoms with Crippen molar-refractivity contribution in [2.45, 2.75) is 25.6 Å². The summed E-state index contributed by atoms with van der Waals surface area (Å²) in [6, 6.07) is 3.44. The number of hydrogen-bond donors (Lipinski definition) is 2. The fourth-order valence-corrected chi connectivity index (χ4v) is 2.56. The van der Waals surface area contributed by atoms with Crippen molar-refractivity contribution >= 4 is 36.4 Å². The number of nitrogens with one attached hydrogen (secondary N) is 1. The van der Waals surface area contributed by atoms with E-state index in [1.807, 2.05) is 7.05 Å². The van der Waals surface area contributed by atoms with E-state index in [2.05, 4.69) is 10.2 Å². The van der Waals surface area contributed by atoms with Crippen LogP contribution >= 0.6 is 24.8 Å². The second kappa shape index (κ2) is 9.46. The predicted molar refractivity (Wildman–Crippen MR) is 92.7 cm³/mol. The van der Waals surface area contributed by atoms with Crippen LogP contribution in [0.1, 0.15) is 24.0 Å². The van der Waals surface area contributed by atoms with Gasteiger partial charge in [0.15, 0.2) is 0 Å². The first-order chi connectivity index (χ1) is 10.3. The van der Waals surface area contributed by atoms with Crippen LogP contribution in [-0.4, -0.2) is 30.9 Å². The summed E-state index contributed by atoms with van der Waals surface area (Å²) < 4.78 is 38.6. The van der Waals surface area contributed by atoms with Crippen molar-refractivity contribution < 1.29 is 18.0 Å². The van der Waals surface area contributed by atoms with Crippen LogP contribution in [0.3, 0.4) is 0 Å². The molecule has 138 valence electrons. The van der Waals surface area contributed by atoms with Gasteiger partial charge in [0, 0.05) is 18.2 Å². The predicted octanol–water partition coefficient (Wildman–Crippen LogP) is 3.29. The summed E-state index contributed by atoms with van der Waals surface area (Å²) in [5, 5.41) is 2.60. The first-order valence-corrected chi connectivity index (χ1v) is 7.20. The van der Waals surface area contributed by atoms with Gasteiger partial charge in [-0.25, -0.2) is 0 Å². The van der Waals surface area contributed by atoms with Crippen LogP contribution in [0.4, 0.5) is 18.9 Å². The number of nitrogens with zero attached hydrogens (tertiary/aromatic N) is 1. The standard InChI is InChI=1S/C15H20F3N3O.2ClH/c1-21-4-2-11(3-5-21)14(22)20-13-7-10(9-19)6-12(8-13)15(16,17)18;;/h6-8,11H,2-5,9,19H2,1H3,(H,20,22);2*1H. The zero-order chi connectivity index (χ0) is 16.3. The summed E-state index contributed by atoms with van der Waals surface area (Å²) in [6.45, 7) is 1.62. The second-order valence-corrected chi connectivity index (χ2v) is 5.69. The van der Waals surface area contributed by atoms with Crippen LogP contribution in [0, 0.1) is 5.92 Å². The van der Waals surface area contributed by atoms with Crippen LogP contribution in [0.25, 0.3) is 0 Å². The molecular formula is C15H22Cl2F3N3O. The smallest absolute Gasteiger partial charge is 0.326 e. The molecule has 1 aliphatic rings. The number of carbonyl (C=O) groups is 1. The Morgan fingerprint density at radius 2 is 1.83 bits per heavy atom. The van der Waals surface area contributed by atoms with Crippen molar-refractivity contribution in [3.8, 4) is 0 Å². The molecule has 4 nitrogen and oxygen atoms in total. The Bertz CT molecular complexity index is 547. The SMILES string of the molecule is CN1CCC(C(=O)Nc2cc(CN)cc(C(F)(F)F)c2)CC1.Cl.Cl. The molecule has 9 heteroatoms. The molecule has 1 amide bonds. The van der Waals surface area contributed by atoms with Crippen LogP contribution < -0.4 is 11.1 Å². The molecule has 0 atom stereocenters. The van der Waals surface area contributed by atoms with Gasteiger partial charge in [-0.3, -0.25) is 4.79 Å². The van der Waals surface area contributed by atoms with Crippen LogP contribution in [0.2, 0.25) is 0 Å². The Labute approximate surface area is 151 Å². The van der Waals surface area contributed by atoms with Crippen molar-refractivity contribution in [3.63, 3.8) is 0 Å². The Kier molecular flexibility index (Phi) is 9.06. The van der Waals surface area contributed by atoms with Crippen molar-refractivity contribution in [2.24, 2.45) is 11.7 Å². The Morgan fingerprint density at radius 3 is 2.33 bits per heavy atom. The lowest BCUT2D eigenvalue weighted by Crippen LogP contribution is -2.36. The highest BCUT2D eigenvalue weighted by molar-refractivity contribution is 5.92. The number of halogens is 5. The highest BCUT2D eigenvalue weighted by Crippen LogP contribution is 2.32. The summed E-state index contributed by atoms with van der Waals surface area (Å²) in [4.78, 5) is 14.3. The maximum atomic E-state index is 12.9. The van der Waals surface area contributed by atoms with E-state index in [4.69, 9.17) is 5.73 Å². The van der Waals surface area contributed by atoms with Crippen molar-refractivity contribution in [2.75, 3.05) is 25.5 Å². The number of alkyl halides is 3. The molecule has 2 rings (SSSR count). The first-order valence-electron chi connectivity index (χ1n) is 7.20. The summed E-state index contributed by atoms with van der Waals surface area (Å²) in [6.07, 6.45) is -3.03. The molecule has 1 saturated heterocycles. The van der Waals surface area contributed by atoms with Gasteiger partial charge < -0.3 is 16.0 Å². The molecule has 1 aliphatic heterocycles. The third-order valence-electron chi connectivity index (χ3n) is 3.91. The molecule has 1 aromatic carbocycles. The molecule has 0 bridgehead atoms. The molecule has 1 heterocycles. The summed E-state index contributed by atoms with van der Waals surface area (Å²) >= 11 is 0. The van der Waals surface area contributed by atoms with Crippen molar-refractivity contribution in [1.29, 1.82) is 0 Å². The van der Waals surface area contributed by atoms with Gasteiger partial charge in [-0.05, 0) is 56.7 Å². The molecular weight excluding hydrogens is 366 g/mol. The Balaban J connectivity index is 0.00000264. The molecule has 0 aromatic heterocycles. The van der Waals surface area contributed by atoms with Gasteiger partial charge in [0.05, 0.1) is 5.56 Å². The number of amides is 1. The van der Waals surface area contributed by atoms with E-state index >= 15 is 0 Å². The van der Waals surface area contributed by atoms with Crippen LogP contribution in [0.15, 0.2) is 18.2 Å². The average Bonchev–Trinajstić information content (AvgIpc) is 2.46. The molecule has 3 N–H and O–H groups in total. The number of benzene rings is 1. The normalized spacial score (nSPS) is 16.0. The fourth-order valence-electron chi connectivity index (χ4n) is 2.56. The minimum atomic E-state index is -4.46. The topological polar surface area (TPSA) is 58.4 Å². The lowest BCUT2D eigenvalue weighted by atomic mass is 9.96. The first kappa shape index (κ1) is 23.0. The van der Waals surface area contributed by atoms with E-state index in [0.29, 0.717) is 18.4 Å². The molecule has 0 radical (unpaired) electrons. The van der Waals surface area contributed by atoms with Gasteiger partial charge >= 0.3 is 6.18 Å². The van der Waals surface area contributed by atoms with Crippen LogP contribution in [-0.2, 0) is 17.5 Å². The van der Waals surface area contributed by atoms with Gasteiger partial charge in [0.2, 0.25) is 5.91 Å². The number of rotatable bonds is 3. The third-order valence-corrected chi connectivity index (χ3v) is 3.91. The Morgan fingerprint density at radius 1 is 1.25 bits per heavy atom. The largest absolute Gasteiger partial charge is 0.416 e. The summed E-state index contributed by atoms with van der Waals surface area (Å²) in [5.41, 5.74) is 5.13. The number of piperidine rings is 1. The minimum Gasteiger partial charge on any atom is -0.326 e. The number of anilines is 1. The van der Waals surface area contributed by atoms with Crippen molar-refractivity contribution in [3.05, 3.63) is 29.3 Å². The second-order valence-electron chi connectivity index (χ2n) is 5.69. The lowest BCUT2D eigenvalue weighted by Gasteiger charge is -2.28. The maximum absolute atomic E-state index is 12.9. The summed E-state index contributed by atoms with van der Waals surface area (Å²) in [5.74, 6) is -0.387. The van der Waals surface area contributed by atoms with Gasteiger partial charge in [0.25, 0.3) is 0 Å². The lowest BCUT2D eigenvalue weighted by molar-refractivity contribution is -0.137. The molecule has 1 fully saturated rings. The van der Waals surface area contributed by atoms with E-state index in [9.17, 15) is 18.0 Å². The Hall–Kier alpha value is -1.02. The van der Waals surface area contributed by atoms with Crippen molar-refractivity contribution in [1.82, 2.24) is 4.90 Å². The molecule has 0 spiro atoms. The zero-order valence-corrected chi connectivity index (χ0v) is 14.9. The monoisotopic (exact) mass is 387 g/mol. The highest BCUT2D eigenvalue weighted by atomic mass is 35.5. The molecule has 24 heavy (non-hydrogen) atoms. The molecule has 1 aromatic rings. The molecule has 0 saturated carbocycles. The maximum Gasteiger partial charge on any atom is 0.416 e. The van der Waals surface area contributed by atoms with Gasteiger partial charge in [-0.15, -0.1) is 24.8 Å². The number of carbonyl (C=O) groups excluding carboxylic acids is 1. The molecule has 0 aliphatic carbocycles. The zero-order valence-electron chi connectivity index (χ0n) is 13.2. The van der Waals surface area contributed by atoms with E-state index in [0.717, 1.165) is 25.2 Å². The average molecular weight is 388 g/mol. The van der Waals surface area contributed by atoms with Gasteiger partial charge in [-0.1, -0.05) is 0 Å². The number of hydrogen-bond acceptors (Lipinski definition) is 3. The van der Waals surface area contributed by atoms with E-state index in [1.165, 1.54) is 6.07 Å². The van der Waals surface area contributed by atoms with Gasteiger partial charge in [-0.2, -0.15) is 13.2 Å².